The topological polar surface area (TPSA) is 29.3 Å². The Hall–Kier alpha value is -1.02. The van der Waals surface area contributed by atoms with Gasteiger partial charge in [0.1, 0.15) is 0 Å². The van der Waals surface area contributed by atoms with Gasteiger partial charge >= 0.3 is 0 Å². The molecule has 0 amide bonds. The van der Waals surface area contributed by atoms with E-state index in [0.717, 1.165) is 19.0 Å². The summed E-state index contributed by atoms with van der Waals surface area (Å²) in [4.78, 5) is 2.55. The van der Waals surface area contributed by atoms with Crippen molar-refractivity contribution in [3.05, 3.63) is 29.8 Å². The molecule has 1 atom stereocenters. The van der Waals surface area contributed by atoms with Crippen molar-refractivity contribution in [2.45, 2.75) is 31.6 Å². The van der Waals surface area contributed by atoms with E-state index in [1.165, 1.54) is 37.9 Å². The second-order valence-electron chi connectivity index (χ2n) is 5.52. The smallest absolute Gasteiger partial charge is 0.0401 e. The van der Waals surface area contributed by atoms with Gasteiger partial charge in [-0.2, -0.15) is 0 Å². The molecule has 0 spiro atoms. The Balaban J connectivity index is 1.82. The highest BCUT2D eigenvalue weighted by atomic mass is 15.2. The molecule has 1 aliphatic heterocycles. The lowest BCUT2D eigenvalue weighted by Crippen LogP contribution is -2.24. The molecule has 17 heavy (non-hydrogen) atoms. The molecule has 2 aliphatic rings. The summed E-state index contributed by atoms with van der Waals surface area (Å²) in [5.74, 6) is 1.52. The second kappa shape index (κ2) is 4.69. The van der Waals surface area contributed by atoms with E-state index >= 15 is 0 Å². The number of hydrogen-bond acceptors (Lipinski definition) is 2. The average molecular weight is 230 g/mol. The molecule has 1 aromatic rings. The maximum atomic E-state index is 5.78. The van der Waals surface area contributed by atoms with Gasteiger partial charge in [0, 0.05) is 18.8 Å². The van der Waals surface area contributed by atoms with Crippen LogP contribution in [0.5, 0.6) is 0 Å². The molecule has 1 heterocycles. The summed E-state index contributed by atoms with van der Waals surface area (Å²) >= 11 is 0. The van der Waals surface area contributed by atoms with Gasteiger partial charge in [-0.25, -0.2) is 0 Å². The average Bonchev–Trinajstić information content (AvgIpc) is 2.76. The Morgan fingerprint density at radius 3 is 2.65 bits per heavy atom. The molecule has 1 saturated carbocycles. The molecule has 2 nitrogen and oxygen atoms in total. The van der Waals surface area contributed by atoms with Crippen LogP contribution in [0.2, 0.25) is 0 Å². The molecular formula is C15H22N2. The first-order valence-corrected chi connectivity index (χ1v) is 6.92. The zero-order valence-corrected chi connectivity index (χ0v) is 10.4. The van der Waals surface area contributed by atoms with Crippen LogP contribution >= 0.6 is 0 Å². The highest BCUT2D eigenvalue weighted by molar-refractivity contribution is 5.56. The highest BCUT2D eigenvalue weighted by Gasteiger charge is 2.27. The minimum atomic E-state index is 0.699. The van der Waals surface area contributed by atoms with E-state index in [-0.39, 0.29) is 0 Å². The van der Waals surface area contributed by atoms with Crippen LogP contribution in [-0.2, 0) is 0 Å². The molecule has 0 radical (unpaired) electrons. The Bertz CT molecular complexity index is 384. The third-order valence-electron chi connectivity index (χ3n) is 4.44. The van der Waals surface area contributed by atoms with E-state index in [1.807, 2.05) is 0 Å². The summed E-state index contributed by atoms with van der Waals surface area (Å²) in [6.45, 7) is 3.17. The number of benzene rings is 1. The summed E-state index contributed by atoms with van der Waals surface area (Å²) in [7, 11) is 0. The van der Waals surface area contributed by atoms with Crippen LogP contribution in [-0.4, -0.2) is 19.6 Å². The monoisotopic (exact) mass is 230 g/mol. The summed E-state index contributed by atoms with van der Waals surface area (Å²) in [5, 5.41) is 0. The lowest BCUT2D eigenvalue weighted by Gasteiger charge is -2.31. The van der Waals surface area contributed by atoms with Gasteiger partial charge in [0.2, 0.25) is 0 Å². The number of nitrogens with two attached hydrogens (primary N) is 1. The van der Waals surface area contributed by atoms with Gasteiger partial charge in [0.15, 0.2) is 0 Å². The standard InChI is InChI=1S/C15H22N2/c16-10-12-8-9-17(11-12)15-7-2-1-6-14(15)13-4-3-5-13/h1-2,6-7,12-13H,3-5,8-11,16H2. The molecule has 1 aromatic carbocycles. The Morgan fingerprint density at radius 2 is 2.00 bits per heavy atom. The Kier molecular flexibility index (Phi) is 3.06. The van der Waals surface area contributed by atoms with E-state index in [9.17, 15) is 0 Å². The van der Waals surface area contributed by atoms with Crippen LogP contribution in [0.3, 0.4) is 0 Å². The van der Waals surface area contributed by atoms with Gasteiger partial charge < -0.3 is 10.6 Å². The quantitative estimate of drug-likeness (QED) is 0.865. The molecule has 0 bridgehead atoms. The van der Waals surface area contributed by atoms with Crippen molar-refractivity contribution in [1.82, 2.24) is 0 Å². The van der Waals surface area contributed by atoms with Crippen molar-refractivity contribution < 1.29 is 0 Å². The van der Waals surface area contributed by atoms with Gasteiger partial charge in [-0.3, -0.25) is 0 Å². The maximum absolute atomic E-state index is 5.78. The van der Waals surface area contributed by atoms with Crippen LogP contribution < -0.4 is 10.6 Å². The molecule has 2 heteroatoms. The van der Waals surface area contributed by atoms with E-state index in [1.54, 1.807) is 5.56 Å². The zero-order chi connectivity index (χ0) is 11.7. The molecule has 0 aromatic heterocycles. The third kappa shape index (κ3) is 2.06. The molecule has 1 aliphatic carbocycles. The molecular weight excluding hydrogens is 208 g/mol. The first kappa shape index (κ1) is 11.1. The SMILES string of the molecule is NCC1CCN(c2ccccc2C2CCC2)C1. The van der Waals surface area contributed by atoms with Gasteiger partial charge in [0.05, 0.1) is 0 Å². The fourth-order valence-electron chi connectivity index (χ4n) is 3.08. The van der Waals surface area contributed by atoms with Crippen molar-refractivity contribution in [1.29, 1.82) is 0 Å². The van der Waals surface area contributed by atoms with Gasteiger partial charge in [-0.05, 0) is 49.3 Å². The second-order valence-corrected chi connectivity index (χ2v) is 5.52. The number of para-hydroxylation sites is 1. The molecule has 92 valence electrons. The summed E-state index contributed by atoms with van der Waals surface area (Å²) in [6.07, 6.45) is 5.43. The largest absolute Gasteiger partial charge is 0.371 e. The Labute approximate surface area is 104 Å². The number of nitrogens with zero attached hydrogens (tertiary/aromatic N) is 1. The van der Waals surface area contributed by atoms with E-state index in [0.29, 0.717) is 5.92 Å². The van der Waals surface area contributed by atoms with Crippen LogP contribution in [0.25, 0.3) is 0 Å². The van der Waals surface area contributed by atoms with E-state index in [4.69, 9.17) is 5.73 Å². The predicted molar refractivity (Wildman–Crippen MR) is 72.4 cm³/mol. The normalized spacial score (nSPS) is 25.0. The van der Waals surface area contributed by atoms with E-state index < -0.39 is 0 Å². The first-order valence-electron chi connectivity index (χ1n) is 6.92. The van der Waals surface area contributed by atoms with Gasteiger partial charge in [-0.15, -0.1) is 0 Å². The molecule has 2 fully saturated rings. The number of rotatable bonds is 3. The van der Waals surface area contributed by atoms with Gasteiger partial charge in [0.25, 0.3) is 0 Å². The maximum Gasteiger partial charge on any atom is 0.0401 e. The highest BCUT2D eigenvalue weighted by Crippen LogP contribution is 2.41. The molecule has 2 N–H and O–H groups in total. The van der Waals surface area contributed by atoms with Crippen molar-refractivity contribution in [3.8, 4) is 0 Å². The number of anilines is 1. The summed E-state index contributed by atoms with van der Waals surface area (Å²) in [6, 6.07) is 8.99. The van der Waals surface area contributed by atoms with Crippen LogP contribution in [0.1, 0.15) is 37.2 Å². The minimum absolute atomic E-state index is 0.699. The Morgan fingerprint density at radius 1 is 1.18 bits per heavy atom. The third-order valence-corrected chi connectivity index (χ3v) is 4.44. The van der Waals surface area contributed by atoms with Crippen molar-refractivity contribution in [2.75, 3.05) is 24.5 Å². The van der Waals surface area contributed by atoms with Crippen molar-refractivity contribution in [3.63, 3.8) is 0 Å². The van der Waals surface area contributed by atoms with Gasteiger partial charge in [-0.1, -0.05) is 24.6 Å². The molecule has 3 rings (SSSR count). The van der Waals surface area contributed by atoms with Crippen molar-refractivity contribution >= 4 is 5.69 Å². The number of hydrogen-bond donors (Lipinski definition) is 1. The first-order chi connectivity index (χ1) is 8.38. The van der Waals surface area contributed by atoms with Crippen LogP contribution in [0.15, 0.2) is 24.3 Å². The molecule has 1 unspecified atom stereocenters. The summed E-state index contributed by atoms with van der Waals surface area (Å²) in [5.41, 5.74) is 8.84. The van der Waals surface area contributed by atoms with Crippen molar-refractivity contribution in [2.24, 2.45) is 11.7 Å². The zero-order valence-electron chi connectivity index (χ0n) is 10.4. The fourth-order valence-corrected chi connectivity index (χ4v) is 3.08. The van der Waals surface area contributed by atoms with Crippen LogP contribution in [0, 0.1) is 5.92 Å². The fraction of sp³-hybridized carbons (Fsp3) is 0.600. The lowest BCUT2D eigenvalue weighted by atomic mass is 9.79. The minimum Gasteiger partial charge on any atom is -0.371 e. The summed E-state index contributed by atoms with van der Waals surface area (Å²) < 4.78 is 0. The van der Waals surface area contributed by atoms with Crippen LogP contribution in [0.4, 0.5) is 5.69 Å². The molecule has 1 saturated heterocycles. The lowest BCUT2D eigenvalue weighted by molar-refractivity contribution is 0.420. The predicted octanol–water partition coefficient (Wildman–Crippen LogP) is 2.74. The van der Waals surface area contributed by atoms with E-state index in [2.05, 4.69) is 29.2 Å².